The zero-order valence-electron chi connectivity index (χ0n) is 17.3. The van der Waals surface area contributed by atoms with E-state index in [0.717, 1.165) is 12.2 Å². The molecule has 0 fully saturated rings. The van der Waals surface area contributed by atoms with E-state index in [1.165, 1.54) is 16.7 Å². The third-order valence-corrected chi connectivity index (χ3v) is 6.53. The van der Waals surface area contributed by atoms with Crippen molar-refractivity contribution in [3.05, 3.63) is 108 Å². The van der Waals surface area contributed by atoms with Gasteiger partial charge in [0.15, 0.2) is 0 Å². The van der Waals surface area contributed by atoms with Gasteiger partial charge in [-0.3, -0.25) is 0 Å². The van der Waals surface area contributed by atoms with Gasteiger partial charge in [0.1, 0.15) is 0 Å². The van der Waals surface area contributed by atoms with Crippen LogP contribution in [-0.4, -0.2) is 43.9 Å². The first-order valence-electron chi connectivity index (χ1n) is 10.4. The van der Waals surface area contributed by atoms with Crippen molar-refractivity contribution in [1.29, 1.82) is 0 Å². The Labute approximate surface area is 184 Å². The van der Waals surface area contributed by atoms with Crippen LogP contribution in [0.1, 0.15) is 23.1 Å². The minimum atomic E-state index is -0.270. The molecule has 0 aliphatic carbocycles. The molecular formula is C26H30O3S. The normalized spacial score (nSPS) is 11.5. The second-order valence-corrected chi connectivity index (χ2v) is 8.24. The lowest BCUT2D eigenvalue weighted by Crippen LogP contribution is -2.26. The zero-order valence-corrected chi connectivity index (χ0v) is 18.1. The van der Waals surface area contributed by atoms with Crippen LogP contribution in [0.4, 0.5) is 0 Å². The Kier molecular flexibility index (Phi) is 9.45. The molecule has 0 spiro atoms. The van der Waals surface area contributed by atoms with Crippen LogP contribution in [0.5, 0.6) is 0 Å². The quantitative estimate of drug-likeness (QED) is 0.306. The van der Waals surface area contributed by atoms with E-state index in [2.05, 4.69) is 91.0 Å². The number of hydrogen-bond donors (Lipinski definition) is 1. The summed E-state index contributed by atoms with van der Waals surface area (Å²) in [5.41, 5.74) is 3.85. The minimum Gasteiger partial charge on any atom is -0.394 e. The van der Waals surface area contributed by atoms with E-state index in [1.807, 2.05) is 11.8 Å². The van der Waals surface area contributed by atoms with Crippen molar-refractivity contribution in [2.75, 3.05) is 38.8 Å². The molecule has 3 nitrogen and oxygen atoms in total. The van der Waals surface area contributed by atoms with Crippen LogP contribution in [0.25, 0.3) is 0 Å². The monoisotopic (exact) mass is 422 g/mol. The number of hydrogen-bond acceptors (Lipinski definition) is 4. The first-order chi connectivity index (χ1) is 14.9. The highest BCUT2D eigenvalue weighted by molar-refractivity contribution is 8.00. The van der Waals surface area contributed by atoms with Gasteiger partial charge in [0, 0.05) is 6.61 Å². The van der Waals surface area contributed by atoms with Crippen LogP contribution in [0.15, 0.2) is 91.0 Å². The lowest BCUT2D eigenvalue weighted by atomic mass is 9.84. The average molecular weight is 423 g/mol. The maximum Gasteiger partial charge on any atom is 0.0906 e. The molecule has 0 saturated carbocycles. The summed E-state index contributed by atoms with van der Waals surface area (Å²) in [6, 6.07) is 32.3. The Balaban J connectivity index is 1.77. The summed E-state index contributed by atoms with van der Waals surface area (Å²) in [5, 5.41) is 8.73. The molecule has 0 unspecified atom stereocenters. The van der Waals surface area contributed by atoms with Crippen LogP contribution >= 0.6 is 11.8 Å². The molecule has 3 aromatic rings. The topological polar surface area (TPSA) is 38.7 Å². The molecule has 0 amide bonds. The standard InChI is InChI=1S/C26H30O3S/c27-17-19-29-21-20-28-18-10-22-30-26(23-11-4-1-5-12-23,24-13-6-2-7-14-24)25-15-8-3-9-16-25/h1-9,11-16,27H,10,17-22H2. The van der Waals surface area contributed by atoms with Crippen molar-refractivity contribution >= 4 is 11.8 Å². The molecule has 3 rings (SSSR count). The average Bonchev–Trinajstić information content (AvgIpc) is 2.82. The lowest BCUT2D eigenvalue weighted by molar-refractivity contribution is 0.0335. The molecule has 1 N–H and O–H groups in total. The van der Waals surface area contributed by atoms with Gasteiger partial charge >= 0.3 is 0 Å². The molecule has 0 radical (unpaired) electrons. The van der Waals surface area contributed by atoms with Crippen LogP contribution < -0.4 is 0 Å². The third kappa shape index (κ3) is 5.96. The van der Waals surface area contributed by atoms with Gasteiger partial charge in [0.2, 0.25) is 0 Å². The largest absolute Gasteiger partial charge is 0.394 e. The molecule has 0 bridgehead atoms. The first-order valence-corrected chi connectivity index (χ1v) is 11.4. The Hall–Kier alpha value is -2.11. The number of aliphatic hydroxyl groups is 1. The highest BCUT2D eigenvalue weighted by Crippen LogP contribution is 2.48. The predicted octanol–water partition coefficient (Wildman–Crippen LogP) is 5.13. The highest BCUT2D eigenvalue weighted by atomic mass is 32.2. The molecule has 0 aliphatic rings. The molecule has 0 heterocycles. The maximum atomic E-state index is 8.73. The molecular weight excluding hydrogens is 392 g/mol. The summed E-state index contributed by atoms with van der Waals surface area (Å²) in [7, 11) is 0. The number of ether oxygens (including phenoxy) is 2. The van der Waals surface area contributed by atoms with E-state index in [4.69, 9.17) is 14.6 Å². The number of benzene rings is 3. The summed E-state index contributed by atoms with van der Waals surface area (Å²) in [5.74, 6) is 0.968. The van der Waals surface area contributed by atoms with Crippen molar-refractivity contribution in [3.8, 4) is 0 Å². The summed E-state index contributed by atoms with van der Waals surface area (Å²) < 4.78 is 10.7. The lowest BCUT2D eigenvalue weighted by Gasteiger charge is -2.35. The fourth-order valence-electron chi connectivity index (χ4n) is 3.54. The van der Waals surface area contributed by atoms with E-state index in [0.29, 0.717) is 26.4 Å². The molecule has 4 heteroatoms. The van der Waals surface area contributed by atoms with Gasteiger partial charge in [-0.05, 0) is 28.9 Å². The van der Waals surface area contributed by atoms with Crippen molar-refractivity contribution in [3.63, 3.8) is 0 Å². The molecule has 0 aromatic heterocycles. The second-order valence-electron chi connectivity index (χ2n) is 6.93. The van der Waals surface area contributed by atoms with Crippen molar-refractivity contribution in [2.45, 2.75) is 11.2 Å². The summed E-state index contributed by atoms with van der Waals surface area (Å²) in [4.78, 5) is 0. The Bertz CT molecular complexity index is 728. The molecule has 0 atom stereocenters. The van der Waals surface area contributed by atoms with E-state index in [-0.39, 0.29) is 11.4 Å². The Morgan fingerprint density at radius 3 is 1.47 bits per heavy atom. The fourth-order valence-corrected chi connectivity index (χ4v) is 5.02. The fraction of sp³-hybridized carbons (Fsp3) is 0.308. The Morgan fingerprint density at radius 2 is 1.03 bits per heavy atom. The van der Waals surface area contributed by atoms with Gasteiger partial charge in [0.05, 0.1) is 31.2 Å². The minimum absolute atomic E-state index is 0.0528. The molecule has 30 heavy (non-hydrogen) atoms. The predicted molar refractivity (Wildman–Crippen MR) is 125 cm³/mol. The first kappa shape index (κ1) is 22.6. The molecule has 0 saturated heterocycles. The van der Waals surface area contributed by atoms with Crippen molar-refractivity contribution in [2.24, 2.45) is 0 Å². The van der Waals surface area contributed by atoms with Crippen LogP contribution in [0.3, 0.4) is 0 Å². The van der Waals surface area contributed by atoms with Gasteiger partial charge in [-0.25, -0.2) is 0 Å². The van der Waals surface area contributed by atoms with Crippen LogP contribution in [-0.2, 0) is 14.2 Å². The van der Waals surface area contributed by atoms with Gasteiger partial charge in [-0.2, -0.15) is 0 Å². The summed E-state index contributed by atoms with van der Waals surface area (Å²) in [6.07, 6.45) is 0.957. The van der Waals surface area contributed by atoms with Gasteiger partial charge in [0.25, 0.3) is 0 Å². The number of rotatable bonds is 13. The SMILES string of the molecule is OCCOCCOCCCSC(c1ccccc1)(c1ccccc1)c1ccccc1. The molecule has 158 valence electrons. The number of aliphatic hydroxyl groups excluding tert-OH is 1. The van der Waals surface area contributed by atoms with Crippen molar-refractivity contribution < 1.29 is 14.6 Å². The van der Waals surface area contributed by atoms with E-state index in [1.54, 1.807) is 0 Å². The van der Waals surface area contributed by atoms with Crippen LogP contribution in [0.2, 0.25) is 0 Å². The number of thioether (sulfide) groups is 1. The van der Waals surface area contributed by atoms with E-state index >= 15 is 0 Å². The van der Waals surface area contributed by atoms with Crippen molar-refractivity contribution in [1.82, 2.24) is 0 Å². The highest BCUT2D eigenvalue weighted by Gasteiger charge is 2.36. The summed E-state index contributed by atoms with van der Waals surface area (Å²) >= 11 is 1.96. The zero-order chi connectivity index (χ0) is 20.9. The second kappa shape index (κ2) is 12.6. The Morgan fingerprint density at radius 1 is 0.600 bits per heavy atom. The molecule has 3 aromatic carbocycles. The van der Waals surface area contributed by atoms with Gasteiger partial charge in [-0.15, -0.1) is 11.8 Å². The van der Waals surface area contributed by atoms with Gasteiger partial charge < -0.3 is 14.6 Å². The van der Waals surface area contributed by atoms with E-state index < -0.39 is 0 Å². The smallest absolute Gasteiger partial charge is 0.0906 e. The summed E-state index contributed by atoms with van der Waals surface area (Å²) in [6.45, 7) is 2.20. The molecule has 0 aliphatic heterocycles. The van der Waals surface area contributed by atoms with Crippen LogP contribution in [0, 0.1) is 0 Å². The maximum absolute atomic E-state index is 8.73. The van der Waals surface area contributed by atoms with Gasteiger partial charge in [-0.1, -0.05) is 91.0 Å². The van der Waals surface area contributed by atoms with E-state index in [9.17, 15) is 0 Å². The third-order valence-electron chi connectivity index (χ3n) is 4.90.